The maximum Gasteiger partial charge on any atom is 0.133 e. The lowest BCUT2D eigenvalue weighted by Gasteiger charge is -2.34. The van der Waals surface area contributed by atoms with Crippen molar-refractivity contribution in [3.8, 4) is 5.75 Å². The molecule has 100 valence electrons. The molecule has 1 aromatic carbocycles. The second kappa shape index (κ2) is 6.07. The molecular weight excluding hydrogens is 290 g/mol. The average molecular weight is 312 g/mol. The quantitative estimate of drug-likeness (QED) is 0.875. The predicted molar refractivity (Wildman–Crippen MR) is 79.0 cm³/mol. The highest BCUT2D eigenvalue weighted by Gasteiger charge is 2.24. The van der Waals surface area contributed by atoms with Crippen molar-refractivity contribution in [1.29, 1.82) is 0 Å². The molecule has 1 aliphatic carbocycles. The Morgan fingerprint density at radius 3 is 2.56 bits per heavy atom. The van der Waals surface area contributed by atoms with Crippen molar-refractivity contribution in [3.63, 3.8) is 0 Å². The highest BCUT2D eigenvalue weighted by Crippen LogP contribution is 2.32. The Kier molecular flexibility index (Phi) is 4.68. The molecule has 0 spiro atoms. The molecule has 1 aromatic rings. The standard InChI is InChI=1S/C15H22BrNO/c1-10(12-5-4-6-12)17-11(2)13-7-8-15(18-3)14(16)9-13/h7-12,17H,4-6H2,1-3H3. The molecule has 0 amide bonds. The Bertz CT molecular complexity index is 403. The molecule has 0 heterocycles. The van der Waals surface area contributed by atoms with E-state index in [4.69, 9.17) is 4.74 Å². The second-order valence-electron chi connectivity index (χ2n) is 5.26. The van der Waals surface area contributed by atoms with Crippen LogP contribution in [0.5, 0.6) is 5.75 Å². The van der Waals surface area contributed by atoms with Gasteiger partial charge in [0.15, 0.2) is 0 Å². The Labute approximate surface area is 118 Å². The highest BCUT2D eigenvalue weighted by atomic mass is 79.9. The summed E-state index contributed by atoms with van der Waals surface area (Å²) in [6.45, 7) is 4.53. The molecule has 2 atom stereocenters. The van der Waals surface area contributed by atoms with Gasteiger partial charge in [0, 0.05) is 12.1 Å². The molecule has 2 rings (SSSR count). The van der Waals surface area contributed by atoms with Crippen molar-refractivity contribution in [1.82, 2.24) is 5.32 Å². The first-order chi connectivity index (χ1) is 8.61. The van der Waals surface area contributed by atoms with Gasteiger partial charge < -0.3 is 10.1 Å². The SMILES string of the molecule is COc1ccc(C(C)NC(C)C2CCC2)cc1Br. The largest absolute Gasteiger partial charge is 0.496 e. The van der Waals surface area contributed by atoms with Gasteiger partial charge in [0.05, 0.1) is 11.6 Å². The summed E-state index contributed by atoms with van der Waals surface area (Å²) >= 11 is 3.54. The molecule has 1 N–H and O–H groups in total. The van der Waals surface area contributed by atoms with E-state index in [1.165, 1.54) is 24.8 Å². The highest BCUT2D eigenvalue weighted by molar-refractivity contribution is 9.10. The molecule has 1 fully saturated rings. The first-order valence-electron chi connectivity index (χ1n) is 6.71. The number of hydrogen-bond donors (Lipinski definition) is 1. The van der Waals surface area contributed by atoms with Crippen LogP contribution in [0, 0.1) is 5.92 Å². The third-order valence-electron chi connectivity index (χ3n) is 4.05. The van der Waals surface area contributed by atoms with Crippen LogP contribution in [-0.4, -0.2) is 13.2 Å². The van der Waals surface area contributed by atoms with E-state index in [0.29, 0.717) is 12.1 Å². The second-order valence-corrected chi connectivity index (χ2v) is 6.12. The van der Waals surface area contributed by atoms with Crippen molar-refractivity contribution >= 4 is 15.9 Å². The summed E-state index contributed by atoms with van der Waals surface area (Å²) in [5.41, 5.74) is 1.30. The van der Waals surface area contributed by atoms with Crippen molar-refractivity contribution < 1.29 is 4.74 Å². The summed E-state index contributed by atoms with van der Waals surface area (Å²) < 4.78 is 6.28. The minimum Gasteiger partial charge on any atom is -0.496 e. The Morgan fingerprint density at radius 1 is 1.33 bits per heavy atom. The summed E-state index contributed by atoms with van der Waals surface area (Å²) in [5, 5.41) is 3.70. The zero-order chi connectivity index (χ0) is 13.1. The number of nitrogens with one attached hydrogen (secondary N) is 1. The molecule has 0 radical (unpaired) electrons. The van der Waals surface area contributed by atoms with Crippen LogP contribution >= 0.6 is 15.9 Å². The van der Waals surface area contributed by atoms with Crippen molar-refractivity contribution in [2.45, 2.75) is 45.2 Å². The van der Waals surface area contributed by atoms with Gasteiger partial charge in [-0.15, -0.1) is 0 Å². The topological polar surface area (TPSA) is 21.3 Å². The summed E-state index contributed by atoms with van der Waals surface area (Å²) in [7, 11) is 1.69. The normalized spacial score (nSPS) is 19.1. The fourth-order valence-electron chi connectivity index (χ4n) is 2.52. The van der Waals surface area contributed by atoms with E-state index in [2.05, 4.69) is 47.2 Å². The van der Waals surface area contributed by atoms with E-state index in [1.54, 1.807) is 7.11 Å². The average Bonchev–Trinajstić information content (AvgIpc) is 2.26. The number of rotatable bonds is 5. The van der Waals surface area contributed by atoms with Gasteiger partial charge in [0.2, 0.25) is 0 Å². The van der Waals surface area contributed by atoms with Gasteiger partial charge in [-0.25, -0.2) is 0 Å². The van der Waals surface area contributed by atoms with Crippen LogP contribution in [0.2, 0.25) is 0 Å². The van der Waals surface area contributed by atoms with Crippen LogP contribution in [-0.2, 0) is 0 Å². The fraction of sp³-hybridized carbons (Fsp3) is 0.600. The minimum atomic E-state index is 0.378. The molecule has 2 unspecified atom stereocenters. The number of hydrogen-bond acceptors (Lipinski definition) is 2. The van der Waals surface area contributed by atoms with Gasteiger partial charge in [-0.2, -0.15) is 0 Å². The zero-order valence-corrected chi connectivity index (χ0v) is 13.0. The smallest absolute Gasteiger partial charge is 0.133 e. The van der Waals surface area contributed by atoms with Crippen molar-refractivity contribution in [2.24, 2.45) is 5.92 Å². The van der Waals surface area contributed by atoms with Gasteiger partial charge in [-0.3, -0.25) is 0 Å². The monoisotopic (exact) mass is 311 g/mol. The van der Waals surface area contributed by atoms with E-state index in [0.717, 1.165) is 16.1 Å². The lowest BCUT2D eigenvalue weighted by atomic mass is 9.80. The number of benzene rings is 1. The van der Waals surface area contributed by atoms with Crippen molar-refractivity contribution in [2.75, 3.05) is 7.11 Å². The van der Waals surface area contributed by atoms with Gasteiger partial charge in [0.1, 0.15) is 5.75 Å². The lowest BCUT2D eigenvalue weighted by molar-refractivity contribution is 0.229. The molecule has 2 nitrogen and oxygen atoms in total. The van der Waals surface area contributed by atoms with Gasteiger partial charge in [-0.1, -0.05) is 12.5 Å². The van der Waals surface area contributed by atoms with Crippen LogP contribution < -0.4 is 10.1 Å². The zero-order valence-electron chi connectivity index (χ0n) is 11.4. The molecule has 0 aromatic heterocycles. The van der Waals surface area contributed by atoms with Crippen LogP contribution in [0.3, 0.4) is 0 Å². The van der Waals surface area contributed by atoms with Crippen LogP contribution in [0.15, 0.2) is 22.7 Å². The lowest BCUT2D eigenvalue weighted by Crippen LogP contribution is -2.38. The maximum absolute atomic E-state index is 5.26. The van der Waals surface area contributed by atoms with Gasteiger partial charge >= 0.3 is 0 Å². The molecule has 0 saturated heterocycles. The molecule has 3 heteroatoms. The number of halogens is 1. The Balaban J connectivity index is 1.99. The third-order valence-corrected chi connectivity index (χ3v) is 4.67. The summed E-state index contributed by atoms with van der Waals surface area (Å²) in [6.07, 6.45) is 4.17. The fourth-order valence-corrected chi connectivity index (χ4v) is 3.08. The molecule has 0 bridgehead atoms. The van der Waals surface area contributed by atoms with Crippen LogP contribution in [0.25, 0.3) is 0 Å². The molecule has 0 aliphatic heterocycles. The van der Waals surface area contributed by atoms with E-state index >= 15 is 0 Å². The van der Waals surface area contributed by atoms with E-state index in [1.807, 2.05) is 6.07 Å². The maximum atomic E-state index is 5.26. The predicted octanol–water partition coefficient (Wildman–Crippen LogP) is 4.30. The summed E-state index contributed by atoms with van der Waals surface area (Å²) in [5.74, 6) is 1.76. The van der Waals surface area contributed by atoms with Crippen LogP contribution in [0.4, 0.5) is 0 Å². The molecule has 1 saturated carbocycles. The first kappa shape index (κ1) is 13.9. The minimum absolute atomic E-state index is 0.378. The third kappa shape index (κ3) is 3.07. The van der Waals surface area contributed by atoms with Crippen molar-refractivity contribution in [3.05, 3.63) is 28.2 Å². The first-order valence-corrected chi connectivity index (χ1v) is 7.50. The van der Waals surface area contributed by atoms with E-state index < -0.39 is 0 Å². The van der Waals surface area contributed by atoms with Gasteiger partial charge in [0.25, 0.3) is 0 Å². The number of ether oxygens (including phenoxy) is 1. The summed E-state index contributed by atoms with van der Waals surface area (Å²) in [4.78, 5) is 0. The molecule has 1 aliphatic rings. The Hall–Kier alpha value is -0.540. The van der Waals surface area contributed by atoms with Crippen LogP contribution in [0.1, 0.15) is 44.7 Å². The number of methoxy groups -OCH3 is 1. The molecule has 18 heavy (non-hydrogen) atoms. The van der Waals surface area contributed by atoms with E-state index in [-0.39, 0.29) is 0 Å². The summed E-state index contributed by atoms with van der Waals surface area (Å²) in [6, 6.07) is 7.28. The van der Waals surface area contributed by atoms with Gasteiger partial charge in [-0.05, 0) is 66.2 Å². The molecular formula is C15H22BrNO. The Morgan fingerprint density at radius 2 is 2.06 bits per heavy atom. The van der Waals surface area contributed by atoms with E-state index in [9.17, 15) is 0 Å².